The van der Waals surface area contributed by atoms with E-state index in [0.717, 1.165) is 0 Å². The van der Waals surface area contributed by atoms with Gasteiger partial charge in [0.25, 0.3) is 0 Å². The molecule has 7 N–H and O–H groups in total. The van der Waals surface area contributed by atoms with Crippen LogP contribution in [0.15, 0.2) is 0 Å². The Morgan fingerprint density at radius 3 is 0.783 bits per heavy atom. The van der Waals surface area contributed by atoms with Crippen LogP contribution in [0.25, 0.3) is 0 Å². The Balaban J connectivity index is -0.0000000831. The van der Waals surface area contributed by atoms with Crippen molar-refractivity contribution in [2.45, 2.75) is 0 Å². The second-order valence-corrected chi connectivity index (χ2v) is 7.16. The molecule has 0 amide bonds. The summed E-state index contributed by atoms with van der Waals surface area (Å²) in [6.07, 6.45) is 0. The Kier molecular flexibility index (Phi) is 39.9. The summed E-state index contributed by atoms with van der Waals surface area (Å²) in [6, 6.07) is 0. The van der Waals surface area contributed by atoms with Gasteiger partial charge in [-0.1, -0.05) is 17.3 Å². The monoisotopic (exact) mass is 556 g/mol. The number of hydrogen-bond donors (Lipinski definition) is 5. The zero-order valence-corrected chi connectivity index (χ0v) is 22.6. The third-order valence-corrected chi connectivity index (χ3v) is 2.48. The van der Waals surface area contributed by atoms with Crippen molar-refractivity contribution in [3.63, 3.8) is 0 Å². The second-order valence-electron chi connectivity index (χ2n) is 2.86. The maximum absolute atomic E-state index is 4.59. The fourth-order valence-electron chi connectivity index (χ4n) is 0.658. The minimum absolute atomic E-state index is 0. The van der Waals surface area contributed by atoms with Crippen LogP contribution in [0.3, 0.4) is 0 Å². The minimum atomic E-state index is 0. The first-order valence-corrected chi connectivity index (χ1v) is 8.31. The van der Waals surface area contributed by atoms with Gasteiger partial charge in [0.1, 0.15) is 0 Å². The van der Waals surface area contributed by atoms with Crippen LogP contribution in [0.5, 0.6) is 0 Å². The van der Waals surface area contributed by atoms with Crippen molar-refractivity contribution in [1.82, 2.24) is 27.4 Å². The van der Waals surface area contributed by atoms with Crippen LogP contribution >= 0.6 is 48.9 Å². The first-order chi connectivity index (χ1) is 9.25. The first kappa shape index (κ1) is 35.6. The first-order valence-electron chi connectivity index (χ1n) is 5.05. The standard InChI is InChI=1S/2C4H8N2S4.Mn.H3N.Zn/c2*7-3(8)5-1-2-6-4(9)10;;;/h2*1-2H2,(H2,5,7,8)(H2,6,9,10);;1H3;/q;;+2;;+2/p-4. The molecule has 0 rings (SSSR count). The van der Waals surface area contributed by atoms with Gasteiger partial charge in [-0.05, 0) is 0 Å². The molecule has 0 aromatic heterocycles. The van der Waals surface area contributed by atoms with Crippen molar-refractivity contribution in [3.8, 4) is 0 Å². The molecule has 0 aliphatic carbocycles. The molecule has 0 fully saturated rings. The Bertz CT molecular complexity index is 284. The largest absolute Gasteiger partial charge is 2.00 e. The Morgan fingerprint density at radius 2 is 0.696 bits per heavy atom. The maximum Gasteiger partial charge on any atom is 2.00 e. The van der Waals surface area contributed by atoms with Crippen LogP contribution in [0.4, 0.5) is 0 Å². The second kappa shape index (κ2) is 25.8. The fraction of sp³-hybridized carbons (Fsp3) is 0.500. The fourth-order valence-corrected chi connectivity index (χ4v) is 1.47. The molecule has 129 valence electrons. The summed E-state index contributed by atoms with van der Waals surface area (Å²) in [5.41, 5.74) is 0. The third-order valence-electron chi connectivity index (χ3n) is 1.33. The Hall–Kier alpha value is 1.54. The van der Waals surface area contributed by atoms with Crippen LogP contribution in [-0.2, 0) is 87.1 Å². The summed E-state index contributed by atoms with van der Waals surface area (Å²) in [5, 5.41) is 11.1. The molecule has 5 nitrogen and oxygen atoms in total. The molecule has 1 radical (unpaired) electrons. The van der Waals surface area contributed by atoms with E-state index < -0.39 is 0 Å². The van der Waals surface area contributed by atoms with Gasteiger partial charge < -0.3 is 127 Å². The summed E-state index contributed by atoms with van der Waals surface area (Å²) < 4.78 is 1.49. The van der Waals surface area contributed by atoms with E-state index in [1.54, 1.807) is 0 Å². The molecule has 0 bridgehead atoms. The van der Waals surface area contributed by atoms with Gasteiger partial charge in [-0.25, -0.2) is 0 Å². The topological polar surface area (TPSA) is 83.1 Å². The Labute approximate surface area is 204 Å². The molecule has 15 heteroatoms. The van der Waals surface area contributed by atoms with Gasteiger partial charge in [0.2, 0.25) is 0 Å². The number of hydrogen-bond acceptors (Lipinski definition) is 9. The van der Waals surface area contributed by atoms with Crippen LogP contribution in [-0.4, -0.2) is 43.5 Å². The molecule has 0 heterocycles. The SMILES string of the molecule is N.S=C([S-])NCCNC(=S)[S-].S=C([S-])NCCNC(=S)[S-].[Mn+2].[Zn+2]. The Morgan fingerprint density at radius 1 is 0.565 bits per heavy atom. The molecule has 0 saturated heterocycles. The molecule has 23 heavy (non-hydrogen) atoms. The summed E-state index contributed by atoms with van der Waals surface area (Å²) in [7, 11) is 0. The van der Waals surface area contributed by atoms with E-state index in [4.69, 9.17) is 0 Å². The van der Waals surface area contributed by atoms with E-state index in [1.165, 1.54) is 0 Å². The molecule has 0 aliphatic rings. The molecule has 0 unspecified atom stereocenters. The number of thiocarbonyl (C=S) groups is 4. The number of nitrogens with one attached hydrogen (secondary N) is 4. The quantitative estimate of drug-likeness (QED) is 0.130. The third kappa shape index (κ3) is 45.2. The van der Waals surface area contributed by atoms with Gasteiger partial charge in [-0.3, -0.25) is 0 Å². The molecule has 0 aromatic carbocycles. The smallest absolute Gasteiger partial charge is 0.412 e. The molecule has 0 spiro atoms. The van der Waals surface area contributed by atoms with Gasteiger partial charge in [0.15, 0.2) is 0 Å². The van der Waals surface area contributed by atoms with Crippen LogP contribution in [0.2, 0.25) is 0 Å². The van der Waals surface area contributed by atoms with E-state index in [9.17, 15) is 0 Å². The van der Waals surface area contributed by atoms with E-state index in [2.05, 4.69) is 121 Å². The predicted octanol–water partition coefficient (Wildman–Crippen LogP) is -0.185. The molecule has 0 aromatic rings. The zero-order chi connectivity index (χ0) is 16.0. The zero-order valence-electron chi connectivity index (χ0n) is 11.9. The minimum Gasteiger partial charge on any atom is -0.412 e. The summed E-state index contributed by atoms with van der Waals surface area (Å²) in [5.74, 6) is 0. The average molecular weight is 558 g/mol. The predicted molar refractivity (Wildman–Crippen MR) is 117 cm³/mol. The van der Waals surface area contributed by atoms with E-state index in [-0.39, 0.29) is 42.7 Å². The van der Waals surface area contributed by atoms with Gasteiger partial charge in [-0.15, -0.1) is 0 Å². The maximum atomic E-state index is 4.59. The van der Waals surface area contributed by atoms with Crippen LogP contribution < -0.4 is 27.4 Å². The molecule has 0 saturated carbocycles. The van der Waals surface area contributed by atoms with Crippen molar-refractivity contribution < 1.29 is 36.5 Å². The van der Waals surface area contributed by atoms with Crippen molar-refractivity contribution in [3.05, 3.63) is 0 Å². The van der Waals surface area contributed by atoms with Gasteiger partial charge >= 0.3 is 36.5 Å². The van der Waals surface area contributed by atoms with E-state index >= 15 is 0 Å². The average Bonchev–Trinajstić information content (AvgIpc) is 2.30. The summed E-state index contributed by atoms with van der Waals surface area (Å²) in [4.78, 5) is 0. The molecule has 0 atom stereocenters. The molecular weight excluding hydrogens is 543 g/mol. The van der Waals surface area contributed by atoms with Crippen LogP contribution in [0.1, 0.15) is 0 Å². The van der Waals surface area contributed by atoms with Crippen molar-refractivity contribution >= 4 is 117 Å². The van der Waals surface area contributed by atoms with Crippen molar-refractivity contribution in [2.24, 2.45) is 0 Å². The normalized spacial score (nSPS) is 7.30. The van der Waals surface area contributed by atoms with E-state index in [0.29, 0.717) is 43.5 Å². The van der Waals surface area contributed by atoms with Crippen molar-refractivity contribution in [1.29, 1.82) is 0 Å². The molecular formula is C8H15MnN5S8Zn. The van der Waals surface area contributed by atoms with Gasteiger partial charge in [0.05, 0.1) is 0 Å². The summed E-state index contributed by atoms with van der Waals surface area (Å²) in [6.45, 7) is 2.66. The van der Waals surface area contributed by atoms with Crippen molar-refractivity contribution in [2.75, 3.05) is 26.2 Å². The van der Waals surface area contributed by atoms with E-state index in [1.807, 2.05) is 0 Å². The summed E-state index contributed by atoms with van der Waals surface area (Å²) >= 11 is 36.7. The van der Waals surface area contributed by atoms with Crippen LogP contribution in [0, 0.1) is 0 Å². The van der Waals surface area contributed by atoms with Gasteiger partial charge in [0, 0.05) is 26.2 Å². The molecule has 0 aliphatic heterocycles. The number of rotatable bonds is 6. The van der Waals surface area contributed by atoms with Gasteiger partial charge in [-0.2, -0.15) is 0 Å².